The number of benzene rings is 1. The molecule has 0 aromatic heterocycles. The van der Waals surface area contributed by atoms with E-state index in [1.807, 2.05) is 0 Å². The molecule has 5 aliphatic heterocycles. The van der Waals surface area contributed by atoms with E-state index in [1.165, 1.54) is 37.9 Å². The maximum atomic E-state index is 2.97. The molecule has 5 fully saturated rings. The molecule has 8 atom stereocenters. The Bertz CT molecular complexity index is 655. The minimum atomic E-state index is 0.485. The van der Waals surface area contributed by atoms with E-state index in [-0.39, 0.29) is 0 Å². The van der Waals surface area contributed by atoms with Crippen molar-refractivity contribution < 1.29 is 0 Å². The van der Waals surface area contributed by atoms with Gasteiger partial charge in [-0.05, 0) is 48.6 Å². The molecule has 6 aliphatic rings. The standard InChI is InChI=1S/C20H26N2/c1-3-12-11-22-17-8-13(12)14-9-20(10-18(14)22)15-6-4-5-7-16(15)21(2)19(17)20/h4-7,12-14,17-19H,3,8-11H2,1-2H3/t12-,13+,14?,17+,18+,19+,20+/m1/s1. The lowest BCUT2D eigenvalue weighted by Gasteiger charge is -2.60. The third-order valence-electron chi connectivity index (χ3n) is 8.33. The van der Waals surface area contributed by atoms with E-state index in [0.717, 1.165) is 35.9 Å². The third kappa shape index (κ3) is 1.12. The first kappa shape index (κ1) is 12.4. The van der Waals surface area contributed by atoms with Crippen LogP contribution >= 0.6 is 0 Å². The van der Waals surface area contributed by atoms with E-state index < -0.39 is 0 Å². The molecule has 4 saturated heterocycles. The summed E-state index contributed by atoms with van der Waals surface area (Å²) in [7, 11) is 2.37. The molecule has 0 radical (unpaired) electrons. The summed E-state index contributed by atoms with van der Waals surface area (Å²) < 4.78 is 0. The predicted molar refractivity (Wildman–Crippen MR) is 89.2 cm³/mol. The summed E-state index contributed by atoms with van der Waals surface area (Å²) in [6, 6.07) is 11.8. The molecule has 1 spiro atoms. The van der Waals surface area contributed by atoms with Gasteiger partial charge in [0.15, 0.2) is 0 Å². The molecule has 7 rings (SSSR count). The van der Waals surface area contributed by atoms with Crippen molar-refractivity contribution in [1.29, 1.82) is 0 Å². The Morgan fingerprint density at radius 3 is 2.86 bits per heavy atom. The molecule has 1 aliphatic carbocycles. The van der Waals surface area contributed by atoms with E-state index in [2.05, 4.69) is 48.0 Å². The second kappa shape index (κ2) is 3.72. The predicted octanol–water partition coefficient (Wildman–Crippen LogP) is 3.27. The van der Waals surface area contributed by atoms with Gasteiger partial charge in [0, 0.05) is 36.8 Å². The first-order chi connectivity index (χ1) is 10.7. The lowest BCUT2D eigenvalue weighted by molar-refractivity contribution is -0.0922. The molecule has 5 heterocycles. The molecule has 5 bridgehead atoms. The molecule has 0 N–H and O–H groups in total. The van der Waals surface area contributed by atoms with Crippen LogP contribution in [0.2, 0.25) is 0 Å². The number of rotatable bonds is 1. The van der Waals surface area contributed by atoms with Crippen LogP contribution in [0.15, 0.2) is 24.3 Å². The highest BCUT2D eigenvalue weighted by Crippen LogP contribution is 2.68. The van der Waals surface area contributed by atoms with Gasteiger partial charge >= 0.3 is 0 Å². The Morgan fingerprint density at radius 1 is 1.14 bits per heavy atom. The van der Waals surface area contributed by atoms with Crippen molar-refractivity contribution in [3.8, 4) is 0 Å². The fraction of sp³-hybridized carbons (Fsp3) is 0.700. The molecule has 2 nitrogen and oxygen atoms in total. The van der Waals surface area contributed by atoms with Gasteiger partial charge in [-0.15, -0.1) is 0 Å². The zero-order valence-corrected chi connectivity index (χ0v) is 13.7. The second-order valence-electron chi connectivity index (χ2n) is 8.70. The Kier molecular flexibility index (Phi) is 2.10. The van der Waals surface area contributed by atoms with E-state index in [1.54, 1.807) is 5.56 Å². The first-order valence-corrected chi connectivity index (χ1v) is 9.32. The van der Waals surface area contributed by atoms with Gasteiger partial charge in [0.1, 0.15) is 0 Å². The SMILES string of the molecule is CC[C@@H]1CN2[C@H]3C[C@]45CC3[C@H]1C[C@H]2[C@@H]4N(C)c1ccccc15. The van der Waals surface area contributed by atoms with Gasteiger partial charge < -0.3 is 4.90 Å². The van der Waals surface area contributed by atoms with Gasteiger partial charge in [0.25, 0.3) is 0 Å². The van der Waals surface area contributed by atoms with E-state index in [4.69, 9.17) is 0 Å². The van der Waals surface area contributed by atoms with Crippen molar-refractivity contribution in [3.63, 3.8) is 0 Å². The molecular formula is C20H26N2. The third-order valence-corrected chi connectivity index (χ3v) is 8.33. The van der Waals surface area contributed by atoms with Crippen LogP contribution in [-0.2, 0) is 5.41 Å². The molecule has 0 amide bonds. The molecular weight excluding hydrogens is 268 g/mol. The second-order valence-corrected chi connectivity index (χ2v) is 8.70. The van der Waals surface area contributed by atoms with Gasteiger partial charge in [0.05, 0.1) is 6.04 Å². The van der Waals surface area contributed by atoms with Crippen molar-refractivity contribution in [2.45, 2.75) is 56.1 Å². The zero-order valence-electron chi connectivity index (χ0n) is 13.7. The minimum Gasteiger partial charge on any atom is -0.369 e. The average molecular weight is 294 g/mol. The van der Waals surface area contributed by atoms with Gasteiger partial charge in [-0.3, -0.25) is 4.90 Å². The molecule has 2 unspecified atom stereocenters. The number of nitrogens with zero attached hydrogens (tertiary/aromatic N) is 2. The van der Waals surface area contributed by atoms with Crippen molar-refractivity contribution in [3.05, 3.63) is 29.8 Å². The minimum absolute atomic E-state index is 0.485. The summed E-state index contributed by atoms with van der Waals surface area (Å²) in [5.74, 6) is 2.99. The summed E-state index contributed by atoms with van der Waals surface area (Å²) in [6.45, 7) is 3.81. The smallest absolute Gasteiger partial charge is 0.0540 e. The van der Waals surface area contributed by atoms with Crippen LogP contribution in [0.25, 0.3) is 0 Å². The fourth-order valence-corrected chi connectivity index (χ4v) is 7.73. The largest absolute Gasteiger partial charge is 0.369 e. The van der Waals surface area contributed by atoms with E-state index in [9.17, 15) is 0 Å². The quantitative estimate of drug-likeness (QED) is 0.784. The van der Waals surface area contributed by atoms with Gasteiger partial charge in [-0.1, -0.05) is 31.5 Å². The molecule has 2 heteroatoms. The van der Waals surface area contributed by atoms with Crippen LogP contribution < -0.4 is 4.90 Å². The summed E-state index contributed by atoms with van der Waals surface area (Å²) >= 11 is 0. The van der Waals surface area contributed by atoms with Crippen LogP contribution in [0.3, 0.4) is 0 Å². The number of fused-ring (bicyclic) bond motifs is 2. The van der Waals surface area contributed by atoms with Crippen molar-refractivity contribution in [2.24, 2.45) is 17.8 Å². The van der Waals surface area contributed by atoms with E-state index in [0.29, 0.717) is 5.41 Å². The summed E-state index contributed by atoms with van der Waals surface area (Å²) in [4.78, 5) is 5.64. The first-order valence-electron chi connectivity index (χ1n) is 9.32. The Balaban J connectivity index is 1.55. The van der Waals surface area contributed by atoms with Crippen LogP contribution in [0.5, 0.6) is 0 Å². The molecule has 22 heavy (non-hydrogen) atoms. The van der Waals surface area contributed by atoms with E-state index >= 15 is 0 Å². The van der Waals surface area contributed by atoms with Crippen LogP contribution in [-0.4, -0.2) is 36.6 Å². The monoisotopic (exact) mass is 294 g/mol. The Hall–Kier alpha value is -1.02. The highest BCUT2D eigenvalue weighted by Gasteiger charge is 2.70. The van der Waals surface area contributed by atoms with Gasteiger partial charge in [-0.2, -0.15) is 0 Å². The zero-order chi connectivity index (χ0) is 14.6. The molecule has 1 aromatic carbocycles. The van der Waals surface area contributed by atoms with Crippen LogP contribution in [0, 0.1) is 17.8 Å². The maximum absolute atomic E-state index is 2.97. The van der Waals surface area contributed by atoms with Crippen molar-refractivity contribution in [1.82, 2.24) is 4.90 Å². The number of anilines is 1. The number of piperidine rings is 4. The summed E-state index contributed by atoms with van der Waals surface area (Å²) in [6.07, 6.45) is 5.77. The highest BCUT2D eigenvalue weighted by atomic mass is 15.3. The number of para-hydroxylation sites is 1. The van der Waals surface area contributed by atoms with Crippen LogP contribution in [0.4, 0.5) is 5.69 Å². The van der Waals surface area contributed by atoms with Gasteiger partial charge in [-0.25, -0.2) is 0 Å². The molecule has 116 valence electrons. The fourth-order valence-electron chi connectivity index (χ4n) is 7.73. The molecule has 1 aromatic rings. The average Bonchev–Trinajstić information content (AvgIpc) is 3.00. The molecule has 1 saturated carbocycles. The van der Waals surface area contributed by atoms with Crippen molar-refractivity contribution in [2.75, 3.05) is 18.5 Å². The Labute approximate surface area is 133 Å². The number of hydrogen-bond donors (Lipinski definition) is 0. The normalized spacial score (nSPS) is 53.0. The van der Waals surface area contributed by atoms with Crippen LogP contribution in [0.1, 0.15) is 38.2 Å². The van der Waals surface area contributed by atoms with Gasteiger partial charge in [0.2, 0.25) is 0 Å². The summed E-state index contributed by atoms with van der Waals surface area (Å²) in [5, 5.41) is 0. The topological polar surface area (TPSA) is 6.48 Å². The summed E-state index contributed by atoms with van der Waals surface area (Å²) in [5.41, 5.74) is 3.71. The lowest BCUT2D eigenvalue weighted by Crippen LogP contribution is -2.69. The maximum Gasteiger partial charge on any atom is 0.0540 e. The lowest BCUT2D eigenvalue weighted by atomic mass is 9.63. The number of likely N-dealkylation sites (N-methyl/N-ethyl adjacent to an activating group) is 1. The number of hydrogen-bond acceptors (Lipinski definition) is 2. The highest BCUT2D eigenvalue weighted by molar-refractivity contribution is 5.66. The van der Waals surface area contributed by atoms with Crippen molar-refractivity contribution >= 4 is 5.69 Å². The Morgan fingerprint density at radius 2 is 2.00 bits per heavy atom.